The summed E-state index contributed by atoms with van der Waals surface area (Å²) in [5.41, 5.74) is 4.51. The molecule has 4 rings (SSSR count). The summed E-state index contributed by atoms with van der Waals surface area (Å²) in [4.78, 5) is 14.4. The average Bonchev–Trinajstić information content (AvgIpc) is 3.27. The highest BCUT2D eigenvalue weighted by atomic mass is 32.1. The Hall–Kier alpha value is -2.74. The number of aromatic amines is 1. The van der Waals surface area contributed by atoms with Gasteiger partial charge in [0.25, 0.3) is 5.91 Å². The third-order valence-electron chi connectivity index (χ3n) is 4.44. The number of H-pyrrole nitrogens is 1. The first-order valence-corrected chi connectivity index (χ1v) is 8.87. The van der Waals surface area contributed by atoms with Crippen LogP contribution in [0.15, 0.2) is 29.6 Å². The van der Waals surface area contributed by atoms with E-state index >= 15 is 0 Å². The van der Waals surface area contributed by atoms with E-state index in [1.54, 1.807) is 12.5 Å². The van der Waals surface area contributed by atoms with Crippen LogP contribution >= 0.6 is 11.5 Å². The summed E-state index contributed by atoms with van der Waals surface area (Å²) in [6.45, 7) is 1.27. The minimum Gasteiger partial charge on any atom is -0.496 e. The van der Waals surface area contributed by atoms with Gasteiger partial charge in [-0.15, -0.1) is 5.10 Å². The second-order valence-electron chi connectivity index (χ2n) is 5.81. The van der Waals surface area contributed by atoms with Crippen LogP contribution in [0.1, 0.15) is 21.7 Å². The Balaban J connectivity index is 1.61. The molecule has 7 nitrogen and oxygen atoms in total. The number of carbonyl (C=O) groups is 1. The van der Waals surface area contributed by atoms with Crippen LogP contribution in [0, 0.1) is 0 Å². The van der Waals surface area contributed by atoms with Crippen LogP contribution in [-0.4, -0.2) is 50.8 Å². The highest BCUT2D eigenvalue weighted by Gasteiger charge is 2.25. The average molecular weight is 355 g/mol. The summed E-state index contributed by atoms with van der Waals surface area (Å²) in [5, 5.41) is 13.2. The quantitative estimate of drug-likeness (QED) is 0.778. The van der Waals surface area contributed by atoms with Crippen LogP contribution in [-0.2, 0) is 12.8 Å². The summed E-state index contributed by atoms with van der Waals surface area (Å²) < 4.78 is 9.25. The van der Waals surface area contributed by atoms with Crippen molar-refractivity contribution in [3.63, 3.8) is 0 Å². The summed E-state index contributed by atoms with van der Waals surface area (Å²) in [6, 6.07) is 7.85. The molecule has 3 aromatic rings. The van der Waals surface area contributed by atoms with Gasteiger partial charge in [-0.3, -0.25) is 9.89 Å². The lowest BCUT2D eigenvalue weighted by molar-refractivity contribution is 0.0757. The number of benzene rings is 1. The topological polar surface area (TPSA) is 84.0 Å². The van der Waals surface area contributed by atoms with Crippen molar-refractivity contribution >= 4 is 17.4 Å². The Morgan fingerprint density at radius 1 is 1.28 bits per heavy atom. The number of ether oxygens (including phenoxy) is 1. The van der Waals surface area contributed by atoms with Crippen LogP contribution in [0.5, 0.6) is 5.75 Å². The fourth-order valence-corrected chi connectivity index (χ4v) is 3.60. The smallest absolute Gasteiger partial charge is 0.275 e. The molecule has 0 aliphatic carbocycles. The molecular weight excluding hydrogens is 338 g/mol. The van der Waals surface area contributed by atoms with Gasteiger partial charge >= 0.3 is 0 Å². The van der Waals surface area contributed by atoms with Crippen molar-refractivity contribution in [1.29, 1.82) is 0 Å². The standard InChI is InChI=1S/C17H17N5O2S/c1-24-15-5-3-2-4-12(15)16-11-6-8-22(9-7-13(11)18-20-16)17(23)14-10-25-21-19-14/h2-5,10H,6-9H2,1H3,(H,18,20). The zero-order chi connectivity index (χ0) is 17.2. The van der Waals surface area contributed by atoms with E-state index in [-0.39, 0.29) is 5.91 Å². The first kappa shape index (κ1) is 15.8. The third-order valence-corrected chi connectivity index (χ3v) is 4.95. The SMILES string of the molecule is COc1ccccc1-c1n[nH]c2c1CCN(C(=O)c1csnn1)CC2. The number of carbonyl (C=O) groups excluding carboxylic acids is 1. The van der Waals surface area contributed by atoms with Crippen LogP contribution in [0.2, 0.25) is 0 Å². The molecular formula is C17H17N5O2S. The van der Waals surface area contributed by atoms with E-state index in [0.717, 1.165) is 41.1 Å². The summed E-state index contributed by atoms with van der Waals surface area (Å²) in [5.74, 6) is 0.730. The Morgan fingerprint density at radius 3 is 2.92 bits per heavy atom. The highest BCUT2D eigenvalue weighted by Crippen LogP contribution is 2.33. The number of para-hydroxylation sites is 1. The lowest BCUT2D eigenvalue weighted by Crippen LogP contribution is -2.33. The van der Waals surface area contributed by atoms with E-state index in [1.165, 1.54) is 11.5 Å². The Bertz CT molecular complexity index is 890. The predicted octanol–water partition coefficient (Wildman–Crippen LogP) is 2.18. The van der Waals surface area contributed by atoms with Gasteiger partial charge in [-0.25, -0.2) is 0 Å². The lowest BCUT2D eigenvalue weighted by Gasteiger charge is -2.18. The number of nitrogens with zero attached hydrogens (tertiary/aromatic N) is 4. The molecule has 1 aromatic carbocycles. The van der Waals surface area contributed by atoms with Crippen molar-refractivity contribution in [2.45, 2.75) is 12.8 Å². The molecule has 0 radical (unpaired) electrons. The highest BCUT2D eigenvalue weighted by molar-refractivity contribution is 7.03. The molecule has 0 spiro atoms. The number of nitrogens with one attached hydrogen (secondary N) is 1. The maximum atomic E-state index is 12.5. The molecule has 0 bridgehead atoms. The third kappa shape index (κ3) is 2.89. The van der Waals surface area contributed by atoms with Crippen molar-refractivity contribution in [2.75, 3.05) is 20.2 Å². The minimum absolute atomic E-state index is 0.0642. The molecule has 1 aliphatic rings. The van der Waals surface area contributed by atoms with E-state index < -0.39 is 0 Å². The van der Waals surface area contributed by atoms with Crippen LogP contribution < -0.4 is 4.74 Å². The van der Waals surface area contributed by atoms with Gasteiger partial charge in [-0.2, -0.15) is 5.10 Å². The molecule has 1 amide bonds. The molecule has 0 fully saturated rings. The minimum atomic E-state index is -0.0642. The lowest BCUT2D eigenvalue weighted by atomic mass is 10.0. The zero-order valence-corrected chi connectivity index (χ0v) is 14.5. The Kier molecular flexibility index (Phi) is 4.19. The molecule has 0 saturated carbocycles. The van der Waals surface area contributed by atoms with E-state index in [1.807, 2.05) is 29.2 Å². The van der Waals surface area contributed by atoms with Crippen molar-refractivity contribution < 1.29 is 9.53 Å². The normalized spacial score (nSPS) is 14.0. The maximum Gasteiger partial charge on any atom is 0.275 e. The van der Waals surface area contributed by atoms with Crippen molar-refractivity contribution in [2.24, 2.45) is 0 Å². The number of amides is 1. The first-order valence-electron chi connectivity index (χ1n) is 8.03. The Labute approximate surface area is 148 Å². The molecule has 0 atom stereocenters. The van der Waals surface area contributed by atoms with Gasteiger partial charge in [0, 0.05) is 41.7 Å². The molecule has 1 N–H and O–H groups in total. The zero-order valence-electron chi connectivity index (χ0n) is 13.7. The molecule has 3 heterocycles. The molecule has 8 heteroatoms. The fraction of sp³-hybridized carbons (Fsp3) is 0.294. The van der Waals surface area contributed by atoms with E-state index in [2.05, 4.69) is 19.8 Å². The van der Waals surface area contributed by atoms with Gasteiger partial charge in [0.1, 0.15) is 5.75 Å². The van der Waals surface area contributed by atoms with Crippen molar-refractivity contribution in [1.82, 2.24) is 24.7 Å². The van der Waals surface area contributed by atoms with Gasteiger partial charge in [0.2, 0.25) is 0 Å². The van der Waals surface area contributed by atoms with Crippen molar-refractivity contribution in [3.8, 4) is 17.0 Å². The summed E-state index contributed by atoms with van der Waals surface area (Å²) >= 11 is 1.19. The fourth-order valence-electron chi connectivity index (χ4n) is 3.17. The van der Waals surface area contributed by atoms with Crippen molar-refractivity contribution in [3.05, 3.63) is 46.6 Å². The molecule has 1 aliphatic heterocycles. The monoisotopic (exact) mass is 355 g/mol. The van der Waals surface area contributed by atoms with Crippen LogP contribution in [0.3, 0.4) is 0 Å². The Morgan fingerprint density at radius 2 is 2.12 bits per heavy atom. The van der Waals surface area contributed by atoms with Gasteiger partial charge in [-0.05, 0) is 30.1 Å². The molecule has 25 heavy (non-hydrogen) atoms. The van der Waals surface area contributed by atoms with Crippen LogP contribution in [0.4, 0.5) is 0 Å². The first-order chi connectivity index (χ1) is 12.3. The number of fused-ring (bicyclic) bond motifs is 1. The molecule has 0 unspecified atom stereocenters. The number of hydrogen-bond donors (Lipinski definition) is 1. The predicted molar refractivity (Wildman–Crippen MR) is 93.8 cm³/mol. The molecule has 0 saturated heterocycles. The van der Waals surface area contributed by atoms with E-state index in [0.29, 0.717) is 18.8 Å². The summed E-state index contributed by atoms with van der Waals surface area (Å²) in [6.07, 6.45) is 1.48. The van der Waals surface area contributed by atoms with Gasteiger partial charge < -0.3 is 9.64 Å². The summed E-state index contributed by atoms with van der Waals surface area (Å²) in [7, 11) is 1.66. The van der Waals surface area contributed by atoms with E-state index in [9.17, 15) is 4.79 Å². The second-order valence-corrected chi connectivity index (χ2v) is 6.42. The van der Waals surface area contributed by atoms with Gasteiger partial charge in [-0.1, -0.05) is 16.6 Å². The van der Waals surface area contributed by atoms with Crippen LogP contribution in [0.25, 0.3) is 11.3 Å². The van der Waals surface area contributed by atoms with Gasteiger partial charge in [0.15, 0.2) is 5.69 Å². The second kappa shape index (κ2) is 6.64. The largest absolute Gasteiger partial charge is 0.496 e. The number of hydrogen-bond acceptors (Lipinski definition) is 6. The van der Waals surface area contributed by atoms with Gasteiger partial charge in [0.05, 0.1) is 12.8 Å². The van der Waals surface area contributed by atoms with E-state index in [4.69, 9.17) is 4.74 Å². The number of aromatic nitrogens is 4. The molecule has 2 aromatic heterocycles. The number of rotatable bonds is 3. The number of methoxy groups -OCH3 is 1. The molecule has 128 valence electrons. The maximum absolute atomic E-state index is 12.5.